The molecule has 0 unspecified atom stereocenters. The van der Waals surface area contributed by atoms with Gasteiger partial charge in [-0.1, -0.05) is 0 Å². The van der Waals surface area contributed by atoms with Crippen molar-refractivity contribution in [3.63, 3.8) is 0 Å². The Labute approximate surface area is 106 Å². The zero-order valence-corrected chi connectivity index (χ0v) is 10.3. The van der Waals surface area contributed by atoms with Crippen LogP contribution in [0, 0.1) is 5.82 Å². The van der Waals surface area contributed by atoms with E-state index >= 15 is 0 Å². The molecule has 6 heteroatoms. The highest BCUT2D eigenvalue weighted by Crippen LogP contribution is 2.22. The molecule has 0 atom stereocenters. The maximum Gasteiger partial charge on any atom is 0.246 e. The highest BCUT2D eigenvalue weighted by atomic mass is 79.9. The van der Waals surface area contributed by atoms with Crippen molar-refractivity contribution in [2.24, 2.45) is 0 Å². The molecule has 0 aliphatic heterocycles. The van der Waals surface area contributed by atoms with Gasteiger partial charge < -0.3 is 5.32 Å². The van der Waals surface area contributed by atoms with Gasteiger partial charge in [0.05, 0.1) is 5.69 Å². The molecule has 0 fully saturated rings. The van der Waals surface area contributed by atoms with Crippen LogP contribution in [0.1, 0.15) is 0 Å². The minimum atomic E-state index is -0.359. The summed E-state index contributed by atoms with van der Waals surface area (Å²) in [5.41, 5.74) is 0.531. The fourth-order valence-electron chi connectivity index (χ4n) is 1.32. The number of amides is 1. The Hall–Kier alpha value is -1.69. The quantitative estimate of drug-likeness (QED) is 0.946. The summed E-state index contributed by atoms with van der Waals surface area (Å²) in [5.74, 6) is -0.581. The van der Waals surface area contributed by atoms with E-state index in [-0.39, 0.29) is 18.3 Å². The van der Waals surface area contributed by atoms with Crippen molar-refractivity contribution in [3.05, 3.63) is 46.9 Å². The van der Waals surface area contributed by atoms with Gasteiger partial charge in [0.1, 0.15) is 12.4 Å². The van der Waals surface area contributed by atoms with Crippen molar-refractivity contribution in [1.82, 2.24) is 9.78 Å². The van der Waals surface area contributed by atoms with Crippen molar-refractivity contribution in [2.45, 2.75) is 6.54 Å². The summed E-state index contributed by atoms with van der Waals surface area (Å²) in [7, 11) is 0. The summed E-state index contributed by atoms with van der Waals surface area (Å²) >= 11 is 3.18. The molecule has 0 saturated carbocycles. The maximum absolute atomic E-state index is 12.8. The molecule has 2 aromatic rings. The number of nitrogens with zero attached hydrogens (tertiary/aromatic N) is 2. The summed E-state index contributed by atoms with van der Waals surface area (Å²) < 4.78 is 14.8. The average Bonchev–Trinajstić information content (AvgIpc) is 2.75. The second-order valence-electron chi connectivity index (χ2n) is 3.38. The molecule has 4 nitrogen and oxygen atoms in total. The smallest absolute Gasteiger partial charge is 0.246 e. The first-order chi connectivity index (χ1) is 8.15. The first kappa shape index (κ1) is 11.8. The van der Waals surface area contributed by atoms with Gasteiger partial charge in [-0.2, -0.15) is 5.10 Å². The number of anilines is 1. The molecule has 88 valence electrons. The van der Waals surface area contributed by atoms with Crippen LogP contribution in [0.15, 0.2) is 41.1 Å². The number of carbonyl (C=O) groups excluding carboxylic acids is 1. The van der Waals surface area contributed by atoms with Crippen LogP contribution in [-0.2, 0) is 11.3 Å². The number of hydrogen-bond donors (Lipinski definition) is 1. The van der Waals surface area contributed by atoms with Gasteiger partial charge in [0.25, 0.3) is 0 Å². The molecule has 17 heavy (non-hydrogen) atoms. The largest absolute Gasteiger partial charge is 0.323 e. The van der Waals surface area contributed by atoms with E-state index in [9.17, 15) is 9.18 Å². The Balaban J connectivity index is 2.03. The van der Waals surface area contributed by atoms with E-state index in [2.05, 4.69) is 26.3 Å². The summed E-state index contributed by atoms with van der Waals surface area (Å²) in [4.78, 5) is 11.6. The molecule has 0 saturated heterocycles. The molecular weight excluding hydrogens is 289 g/mol. The zero-order valence-electron chi connectivity index (χ0n) is 8.73. The molecule has 0 spiro atoms. The minimum Gasteiger partial charge on any atom is -0.323 e. The van der Waals surface area contributed by atoms with Gasteiger partial charge in [-0.25, -0.2) is 4.39 Å². The predicted molar refractivity (Wildman–Crippen MR) is 65.0 cm³/mol. The van der Waals surface area contributed by atoms with Crippen LogP contribution < -0.4 is 5.32 Å². The van der Waals surface area contributed by atoms with Crippen molar-refractivity contribution < 1.29 is 9.18 Å². The Bertz CT molecular complexity index is 528. The van der Waals surface area contributed by atoms with Gasteiger partial charge in [0.2, 0.25) is 5.91 Å². The molecule has 1 amide bonds. The van der Waals surface area contributed by atoms with Crippen LogP contribution >= 0.6 is 15.9 Å². The zero-order chi connectivity index (χ0) is 12.3. The molecule has 0 aliphatic carbocycles. The van der Waals surface area contributed by atoms with Crippen molar-refractivity contribution in [2.75, 3.05) is 5.32 Å². The molecule has 2 rings (SSSR count). The second kappa shape index (κ2) is 5.09. The highest BCUT2D eigenvalue weighted by molar-refractivity contribution is 9.10. The molecule has 1 heterocycles. The molecular formula is C11H9BrFN3O. The van der Waals surface area contributed by atoms with Gasteiger partial charge in [-0.3, -0.25) is 9.48 Å². The van der Waals surface area contributed by atoms with Crippen LogP contribution in [0.2, 0.25) is 0 Å². The van der Waals surface area contributed by atoms with Gasteiger partial charge in [0.15, 0.2) is 0 Å². The molecule has 1 aromatic carbocycles. The van der Waals surface area contributed by atoms with Gasteiger partial charge >= 0.3 is 0 Å². The molecule has 0 aliphatic rings. The lowest BCUT2D eigenvalue weighted by atomic mass is 10.3. The topological polar surface area (TPSA) is 46.9 Å². The second-order valence-corrected chi connectivity index (χ2v) is 4.23. The number of hydrogen-bond acceptors (Lipinski definition) is 2. The SMILES string of the molecule is O=C(Cn1cccn1)Nc1ccc(F)cc1Br. The van der Waals surface area contributed by atoms with Crippen molar-refractivity contribution >= 4 is 27.5 Å². The normalized spacial score (nSPS) is 10.2. The Kier molecular flexibility index (Phi) is 3.53. The lowest BCUT2D eigenvalue weighted by Gasteiger charge is -2.07. The van der Waals surface area contributed by atoms with E-state index in [4.69, 9.17) is 0 Å². The minimum absolute atomic E-state index is 0.122. The number of benzene rings is 1. The number of rotatable bonds is 3. The van der Waals surface area contributed by atoms with Crippen LogP contribution in [0.25, 0.3) is 0 Å². The van der Waals surface area contributed by atoms with Crippen molar-refractivity contribution in [3.8, 4) is 0 Å². The number of nitrogens with one attached hydrogen (secondary N) is 1. The van der Waals surface area contributed by atoms with Crippen molar-refractivity contribution in [1.29, 1.82) is 0 Å². The van der Waals surface area contributed by atoms with Crippen LogP contribution in [0.4, 0.5) is 10.1 Å². The monoisotopic (exact) mass is 297 g/mol. The third-order valence-corrected chi connectivity index (χ3v) is 2.73. The standard InChI is InChI=1S/C11H9BrFN3O/c12-9-6-8(13)2-3-10(9)15-11(17)7-16-5-1-4-14-16/h1-6H,7H2,(H,15,17). The van der Waals surface area contributed by atoms with E-state index < -0.39 is 0 Å². The lowest BCUT2D eigenvalue weighted by molar-refractivity contribution is -0.116. The number of aromatic nitrogens is 2. The van der Waals surface area contributed by atoms with Gasteiger partial charge in [-0.15, -0.1) is 0 Å². The first-order valence-electron chi connectivity index (χ1n) is 4.87. The Morgan fingerprint density at radius 2 is 2.35 bits per heavy atom. The Morgan fingerprint density at radius 1 is 1.53 bits per heavy atom. The summed E-state index contributed by atoms with van der Waals surface area (Å²) in [6, 6.07) is 5.82. The maximum atomic E-state index is 12.8. The van der Waals surface area contributed by atoms with Crippen LogP contribution in [-0.4, -0.2) is 15.7 Å². The molecule has 1 N–H and O–H groups in total. The van der Waals surface area contributed by atoms with E-state index in [0.717, 1.165) is 0 Å². The fraction of sp³-hybridized carbons (Fsp3) is 0.0909. The van der Waals surface area contributed by atoms with Gasteiger partial charge in [-0.05, 0) is 40.2 Å². The van der Waals surface area contributed by atoms with E-state index in [1.54, 1.807) is 18.5 Å². The van der Waals surface area contributed by atoms with Crippen LogP contribution in [0.3, 0.4) is 0 Å². The third-order valence-electron chi connectivity index (χ3n) is 2.07. The average molecular weight is 298 g/mol. The fourth-order valence-corrected chi connectivity index (χ4v) is 1.77. The van der Waals surface area contributed by atoms with E-state index in [1.165, 1.54) is 22.9 Å². The molecule has 0 radical (unpaired) electrons. The summed E-state index contributed by atoms with van der Waals surface area (Å²) in [5, 5.41) is 6.58. The van der Waals surface area contributed by atoms with Gasteiger partial charge in [0, 0.05) is 16.9 Å². The number of halogens is 2. The highest BCUT2D eigenvalue weighted by Gasteiger charge is 2.07. The Morgan fingerprint density at radius 3 is 3.00 bits per heavy atom. The third kappa shape index (κ3) is 3.13. The summed E-state index contributed by atoms with van der Waals surface area (Å²) in [6.07, 6.45) is 3.29. The molecule has 0 bridgehead atoms. The van der Waals surface area contributed by atoms with E-state index in [1.807, 2.05) is 0 Å². The van der Waals surface area contributed by atoms with Crippen LogP contribution in [0.5, 0.6) is 0 Å². The lowest BCUT2D eigenvalue weighted by Crippen LogP contribution is -2.19. The van der Waals surface area contributed by atoms with E-state index in [0.29, 0.717) is 10.2 Å². The predicted octanol–water partition coefficient (Wildman–Crippen LogP) is 2.42. The summed E-state index contributed by atoms with van der Waals surface area (Å²) in [6.45, 7) is 0.122. The first-order valence-corrected chi connectivity index (χ1v) is 5.67. The number of carbonyl (C=O) groups is 1. The molecule has 1 aromatic heterocycles.